The summed E-state index contributed by atoms with van der Waals surface area (Å²) in [6.45, 7) is 8.97. The summed E-state index contributed by atoms with van der Waals surface area (Å²) < 4.78 is 22.2. The van der Waals surface area contributed by atoms with E-state index in [2.05, 4.69) is 20.1 Å². The Kier molecular flexibility index (Phi) is 8.47. The van der Waals surface area contributed by atoms with Crippen LogP contribution in [0.3, 0.4) is 0 Å². The highest BCUT2D eigenvalue weighted by Crippen LogP contribution is 2.44. The van der Waals surface area contributed by atoms with Crippen LogP contribution < -0.4 is 9.47 Å². The average molecular weight is 449 g/mol. The van der Waals surface area contributed by atoms with Gasteiger partial charge in [0.2, 0.25) is 0 Å². The normalized spacial score (nSPS) is 10.6. The van der Waals surface area contributed by atoms with Crippen molar-refractivity contribution in [2.75, 3.05) is 26.4 Å². The first-order valence-electron chi connectivity index (χ1n) is 10.9. The van der Waals surface area contributed by atoms with Gasteiger partial charge in [-0.2, -0.15) is 0 Å². The number of rotatable bonds is 12. The number of hydrogen-bond donors (Lipinski definition) is 0. The second kappa shape index (κ2) is 11.7. The van der Waals surface area contributed by atoms with Crippen molar-refractivity contribution in [1.29, 1.82) is 0 Å². The average Bonchev–Trinajstić information content (AvgIpc) is 2.83. The highest BCUT2D eigenvalue weighted by Gasteiger charge is 2.20. The Bertz CT molecular complexity index is 1160. The smallest absolute Gasteiger partial charge is 0.344 e. The maximum atomic E-state index is 12.1. The minimum absolute atomic E-state index is 0.124. The number of esters is 2. The standard InChI is InChI=1S/C27H28O6/c1-4-10-19-11-9-14-22-25(19)27(33-18-24(29)31-16-6-3)21-13-8-7-12-20(21)26(22)32-17-23(28)30-15-5-2/h5-9,11-14H,2-4,10,15-18H2,1H3. The molecule has 33 heavy (non-hydrogen) atoms. The molecule has 0 aromatic heterocycles. The fourth-order valence-corrected chi connectivity index (χ4v) is 3.65. The number of aryl methyl sites for hydroxylation is 1. The number of benzene rings is 3. The van der Waals surface area contributed by atoms with Gasteiger partial charge < -0.3 is 18.9 Å². The Labute approximate surface area is 193 Å². The molecule has 6 nitrogen and oxygen atoms in total. The molecule has 0 atom stereocenters. The first-order chi connectivity index (χ1) is 16.1. The molecule has 3 rings (SSSR count). The van der Waals surface area contributed by atoms with E-state index in [1.807, 2.05) is 42.5 Å². The van der Waals surface area contributed by atoms with Crippen molar-refractivity contribution in [2.45, 2.75) is 19.8 Å². The van der Waals surface area contributed by atoms with Crippen LogP contribution in [-0.4, -0.2) is 38.4 Å². The monoisotopic (exact) mass is 448 g/mol. The van der Waals surface area contributed by atoms with Gasteiger partial charge in [0.25, 0.3) is 0 Å². The van der Waals surface area contributed by atoms with Crippen molar-refractivity contribution in [1.82, 2.24) is 0 Å². The molecule has 3 aromatic carbocycles. The largest absolute Gasteiger partial charge is 0.481 e. The van der Waals surface area contributed by atoms with Gasteiger partial charge in [-0.1, -0.05) is 81.1 Å². The van der Waals surface area contributed by atoms with Crippen LogP contribution in [0.15, 0.2) is 67.8 Å². The molecule has 0 aliphatic rings. The van der Waals surface area contributed by atoms with Crippen LogP contribution in [0.25, 0.3) is 21.5 Å². The Morgan fingerprint density at radius 2 is 1.33 bits per heavy atom. The highest BCUT2D eigenvalue weighted by atomic mass is 16.6. The first kappa shape index (κ1) is 23.9. The quantitative estimate of drug-likeness (QED) is 0.216. The Balaban J connectivity index is 2.12. The van der Waals surface area contributed by atoms with E-state index in [4.69, 9.17) is 18.9 Å². The summed E-state index contributed by atoms with van der Waals surface area (Å²) in [5.74, 6) is 0.185. The zero-order valence-electron chi connectivity index (χ0n) is 18.8. The van der Waals surface area contributed by atoms with Crippen LogP contribution >= 0.6 is 0 Å². The van der Waals surface area contributed by atoms with Gasteiger partial charge in [-0.25, -0.2) is 9.59 Å². The van der Waals surface area contributed by atoms with Gasteiger partial charge in [-0.15, -0.1) is 0 Å². The first-order valence-corrected chi connectivity index (χ1v) is 10.9. The lowest BCUT2D eigenvalue weighted by molar-refractivity contribution is -0.145. The van der Waals surface area contributed by atoms with E-state index in [1.54, 1.807) is 0 Å². The molecule has 3 aromatic rings. The molecule has 0 radical (unpaired) electrons. The third-order valence-corrected chi connectivity index (χ3v) is 4.95. The molecule has 0 fully saturated rings. The van der Waals surface area contributed by atoms with E-state index in [1.165, 1.54) is 12.2 Å². The van der Waals surface area contributed by atoms with Gasteiger partial charge in [0.1, 0.15) is 24.7 Å². The molecule has 0 N–H and O–H groups in total. The topological polar surface area (TPSA) is 71.1 Å². The third kappa shape index (κ3) is 5.71. The van der Waals surface area contributed by atoms with E-state index in [-0.39, 0.29) is 26.4 Å². The summed E-state index contributed by atoms with van der Waals surface area (Å²) in [5, 5.41) is 3.19. The highest BCUT2D eigenvalue weighted by molar-refractivity contribution is 6.12. The number of ether oxygens (including phenoxy) is 4. The van der Waals surface area contributed by atoms with E-state index >= 15 is 0 Å². The van der Waals surface area contributed by atoms with Crippen LogP contribution in [0.1, 0.15) is 18.9 Å². The molecular weight excluding hydrogens is 420 g/mol. The molecule has 0 bridgehead atoms. The van der Waals surface area contributed by atoms with E-state index < -0.39 is 11.9 Å². The minimum Gasteiger partial charge on any atom is -0.481 e. The number of carbonyl (C=O) groups excluding carboxylic acids is 2. The number of fused-ring (bicyclic) bond motifs is 2. The van der Waals surface area contributed by atoms with E-state index in [0.29, 0.717) is 11.5 Å². The molecule has 0 aliphatic carbocycles. The number of carbonyl (C=O) groups is 2. The predicted molar refractivity (Wildman–Crippen MR) is 129 cm³/mol. The third-order valence-electron chi connectivity index (χ3n) is 4.95. The van der Waals surface area contributed by atoms with E-state index in [9.17, 15) is 9.59 Å². The van der Waals surface area contributed by atoms with Gasteiger partial charge in [0, 0.05) is 21.5 Å². The van der Waals surface area contributed by atoms with Crippen molar-refractivity contribution in [3.05, 3.63) is 73.3 Å². The molecule has 0 saturated carbocycles. The van der Waals surface area contributed by atoms with Gasteiger partial charge in [0.15, 0.2) is 13.2 Å². The summed E-state index contributed by atoms with van der Waals surface area (Å²) in [6.07, 6.45) is 4.75. The molecule has 0 spiro atoms. The van der Waals surface area contributed by atoms with Crippen molar-refractivity contribution in [3.63, 3.8) is 0 Å². The second-order valence-corrected chi connectivity index (χ2v) is 7.31. The molecular formula is C27H28O6. The molecule has 172 valence electrons. The lowest BCUT2D eigenvalue weighted by atomic mass is 9.95. The Morgan fingerprint density at radius 3 is 1.91 bits per heavy atom. The SMILES string of the molecule is C=CCOC(=O)COc1c2ccccc2c(OCC(=O)OCC=C)c2c(CCC)cccc12. The lowest BCUT2D eigenvalue weighted by Crippen LogP contribution is -2.16. The summed E-state index contributed by atoms with van der Waals surface area (Å²) in [4.78, 5) is 24.2. The van der Waals surface area contributed by atoms with Gasteiger partial charge in [-0.3, -0.25) is 0 Å². The predicted octanol–water partition coefficient (Wildman–Crippen LogP) is 5.16. The maximum absolute atomic E-state index is 12.1. The van der Waals surface area contributed by atoms with Gasteiger partial charge in [0.05, 0.1) is 0 Å². The van der Waals surface area contributed by atoms with Crippen LogP contribution in [-0.2, 0) is 25.5 Å². The number of hydrogen-bond acceptors (Lipinski definition) is 6. The molecule has 6 heteroatoms. The molecule has 0 saturated heterocycles. The van der Waals surface area contributed by atoms with Crippen LogP contribution in [0, 0.1) is 0 Å². The lowest BCUT2D eigenvalue weighted by Gasteiger charge is -2.19. The van der Waals surface area contributed by atoms with Crippen molar-refractivity contribution in [2.24, 2.45) is 0 Å². The summed E-state index contributed by atoms with van der Waals surface area (Å²) in [5.41, 5.74) is 1.06. The summed E-state index contributed by atoms with van der Waals surface area (Å²) >= 11 is 0. The fraction of sp³-hybridized carbons (Fsp3) is 0.259. The van der Waals surface area contributed by atoms with Crippen LogP contribution in [0.5, 0.6) is 11.5 Å². The van der Waals surface area contributed by atoms with Crippen molar-refractivity contribution in [3.8, 4) is 11.5 Å². The van der Waals surface area contributed by atoms with Crippen molar-refractivity contribution < 1.29 is 28.5 Å². The summed E-state index contributed by atoms with van der Waals surface area (Å²) in [6, 6.07) is 13.5. The zero-order chi connectivity index (χ0) is 23.6. The molecule has 0 heterocycles. The fourth-order valence-electron chi connectivity index (χ4n) is 3.65. The van der Waals surface area contributed by atoms with Crippen molar-refractivity contribution >= 4 is 33.5 Å². The second-order valence-electron chi connectivity index (χ2n) is 7.31. The molecule has 0 unspecified atom stereocenters. The summed E-state index contributed by atoms with van der Waals surface area (Å²) in [7, 11) is 0. The minimum atomic E-state index is -0.484. The maximum Gasteiger partial charge on any atom is 0.344 e. The van der Waals surface area contributed by atoms with Crippen LogP contribution in [0.2, 0.25) is 0 Å². The van der Waals surface area contributed by atoms with E-state index in [0.717, 1.165) is 39.9 Å². The molecule has 0 aliphatic heterocycles. The van der Waals surface area contributed by atoms with Gasteiger partial charge >= 0.3 is 11.9 Å². The Hall–Kier alpha value is -3.80. The molecule has 0 amide bonds. The van der Waals surface area contributed by atoms with Crippen LogP contribution in [0.4, 0.5) is 0 Å². The Morgan fingerprint density at radius 1 is 0.788 bits per heavy atom. The van der Waals surface area contributed by atoms with Gasteiger partial charge in [-0.05, 0) is 12.0 Å². The zero-order valence-corrected chi connectivity index (χ0v) is 18.8.